The summed E-state index contributed by atoms with van der Waals surface area (Å²) in [7, 11) is 0. The predicted octanol–water partition coefficient (Wildman–Crippen LogP) is 4.40. The lowest BCUT2D eigenvalue weighted by Crippen LogP contribution is -2.54. The fourth-order valence-corrected chi connectivity index (χ4v) is 7.19. The van der Waals surface area contributed by atoms with Crippen LogP contribution in [0.5, 0.6) is 0 Å². The highest BCUT2D eigenvalue weighted by Gasteiger charge is 2.68. The molecule has 12 nitrogen and oxygen atoms in total. The standard InChI is InChI=1S/C33H23N5O7/c39-27(17-19-9-11-21(12-10-19)37(42)43)35-34-18-33-25-7-3-1-5-23(25)28(24-6-2-4-8-26(24)33)29-30(33)32(41)36(31(29)40)20-13-15-22(16-14-20)38(44)45/h1-16,18,28-30H,17H2,(H,35,39)/b34-18-/t28?,29-,30+,33?/m0/s1. The second-order valence-electron chi connectivity index (χ2n) is 11.2. The predicted molar refractivity (Wildman–Crippen MR) is 162 cm³/mol. The van der Waals surface area contributed by atoms with E-state index in [1.165, 1.54) is 54.7 Å². The van der Waals surface area contributed by atoms with Crippen molar-refractivity contribution >= 4 is 41.0 Å². The summed E-state index contributed by atoms with van der Waals surface area (Å²) in [6, 6.07) is 26.1. The molecule has 1 saturated heterocycles. The van der Waals surface area contributed by atoms with E-state index < -0.39 is 50.7 Å². The van der Waals surface area contributed by atoms with Gasteiger partial charge < -0.3 is 0 Å². The van der Waals surface area contributed by atoms with Gasteiger partial charge in [0, 0.05) is 36.4 Å². The highest BCUT2D eigenvalue weighted by Crippen LogP contribution is 2.63. The zero-order chi connectivity index (χ0) is 31.5. The minimum atomic E-state index is -1.21. The van der Waals surface area contributed by atoms with Crippen LogP contribution >= 0.6 is 0 Å². The second kappa shape index (κ2) is 10.3. The minimum Gasteiger partial charge on any atom is -0.274 e. The molecule has 8 rings (SSSR count). The van der Waals surface area contributed by atoms with E-state index in [-0.39, 0.29) is 23.5 Å². The molecule has 4 aliphatic rings. The first kappa shape index (κ1) is 27.8. The van der Waals surface area contributed by atoms with Gasteiger partial charge in [-0.3, -0.25) is 34.6 Å². The highest BCUT2D eigenvalue weighted by molar-refractivity contribution is 6.25. The monoisotopic (exact) mass is 601 g/mol. The summed E-state index contributed by atoms with van der Waals surface area (Å²) < 4.78 is 0. The van der Waals surface area contributed by atoms with E-state index in [1.807, 2.05) is 48.5 Å². The van der Waals surface area contributed by atoms with Crippen molar-refractivity contribution in [1.29, 1.82) is 0 Å². The van der Waals surface area contributed by atoms with E-state index in [0.717, 1.165) is 27.2 Å². The Labute approximate surface area is 255 Å². The van der Waals surface area contributed by atoms with E-state index in [9.17, 15) is 34.6 Å². The van der Waals surface area contributed by atoms with E-state index in [1.54, 1.807) is 0 Å². The lowest BCUT2D eigenvalue weighted by atomic mass is 9.47. The molecule has 3 amide bonds. The summed E-state index contributed by atoms with van der Waals surface area (Å²) in [6.07, 6.45) is 1.45. The number of imide groups is 1. The quantitative estimate of drug-likeness (QED) is 0.142. The SMILES string of the molecule is O=C(Cc1ccc([N+](=O)[O-])cc1)N/N=C\C12c3ccccc3C(c3ccccc31)[C@@H]1C(=O)N(c3ccc([N+](=O)[O-])cc3)C(=O)[C@@H]12. The van der Waals surface area contributed by atoms with Crippen molar-refractivity contribution in [2.24, 2.45) is 16.9 Å². The Morgan fingerprint density at radius 1 is 0.800 bits per heavy atom. The molecule has 0 unspecified atom stereocenters. The zero-order valence-corrected chi connectivity index (χ0v) is 23.4. The molecule has 1 fully saturated rings. The van der Waals surface area contributed by atoms with Gasteiger partial charge in [-0.15, -0.1) is 0 Å². The van der Waals surface area contributed by atoms with Gasteiger partial charge in [-0.05, 0) is 39.9 Å². The van der Waals surface area contributed by atoms with Crippen LogP contribution in [0.25, 0.3) is 0 Å². The molecule has 1 aliphatic heterocycles. The van der Waals surface area contributed by atoms with Gasteiger partial charge in [0.25, 0.3) is 11.4 Å². The van der Waals surface area contributed by atoms with Crippen LogP contribution < -0.4 is 10.3 Å². The van der Waals surface area contributed by atoms with Crippen molar-refractivity contribution in [3.8, 4) is 0 Å². The lowest BCUT2D eigenvalue weighted by molar-refractivity contribution is -0.385. The van der Waals surface area contributed by atoms with Crippen LogP contribution in [-0.2, 0) is 26.2 Å². The Kier molecular flexibility index (Phi) is 6.36. The molecule has 222 valence electrons. The van der Waals surface area contributed by atoms with Crippen molar-refractivity contribution in [3.05, 3.63) is 145 Å². The van der Waals surface area contributed by atoms with Gasteiger partial charge in [0.15, 0.2) is 0 Å². The number of anilines is 1. The van der Waals surface area contributed by atoms with Crippen LogP contribution in [0, 0.1) is 32.1 Å². The van der Waals surface area contributed by atoms with Gasteiger partial charge in [0.1, 0.15) is 0 Å². The molecular weight excluding hydrogens is 578 g/mol. The Morgan fingerprint density at radius 3 is 1.89 bits per heavy atom. The third kappa shape index (κ3) is 4.13. The maximum atomic E-state index is 14.4. The summed E-state index contributed by atoms with van der Waals surface area (Å²) in [4.78, 5) is 63.7. The largest absolute Gasteiger partial charge is 0.274 e. The Bertz CT molecular complexity index is 1910. The number of nitrogens with one attached hydrogen (secondary N) is 1. The number of nitro groups is 2. The first-order valence-corrected chi connectivity index (χ1v) is 14.1. The molecule has 0 saturated carbocycles. The first-order chi connectivity index (χ1) is 21.7. The van der Waals surface area contributed by atoms with Crippen molar-refractivity contribution in [2.45, 2.75) is 17.8 Å². The first-order valence-electron chi connectivity index (χ1n) is 14.1. The summed E-state index contributed by atoms with van der Waals surface area (Å²) in [5, 5.41) is 26.6. The van der Waals surface area contributed by atoms with Gasteiger partial charge in [0.2, 0.25) is 17.7 Å². The number of rotatable bonds is 7. The fourth-order valence-electron chi connectivity index (χ4n) is 7.19. The molecule has 2 bridgehead atoms. The summed E-state index contributed by atoms with van der Waals surface area (Å²) in [5.74, 6) is -3.43. The lowest BCUT2D eigenvalue weighted by Gasteiger charge is -2.52. The van der Waals surface area contributed by atoms with Crippen molar-refractivity contribution < 1.29 is 24.2 Å². The number of carbonyl (C=O) groups excluding carboxylic acids is 3. The van der Waals surface area contributed by atoms with Crippen LogP contribution in [-0.4, -0.2) is 33.8 Å². The third-order valence-electron chi connectivity index (χ3n) is 8.97. The number of amides is 3. The normalized spacial score (nSPS) is 22.6. The molecule has 12 heteroatoms. The number of benzene rings is 4. The summed E-state index contributed by atoms with van der Waals surface area (Å²) >= 11 is 0. The van der Waals surface area contributed by atoms with Crippen LogP contribution in [0.1, 0.15) is 33.7 Å². The molecule has 4 aromatic rings. The highest BCUT2D eigenvalue weighted by atomic mass is 16.6. The van der Waals surface area contributed by atoms with Crippen LogP contribution in [0.4, 0.5) is 17.1 Å². The maximum Gasteiger partial charge on any atom is 0.269 e. The molecule has 0 aromatic heterocycles. The summed E-state index contributed by atoms with van der Waals surface area (Å²) in [6.45, 7) is 0. The fraction of sp³-hybridized carbons (Fsp3) is 0.152. The Hall–Kier alpha value is -6.04. The van der Waals surface area contributed by atoms with Gasteiger partial charge in [-0.1, -0.05) is 60.7 Å². The van der Waals surface area contributed by atoms with Gasteiger partial charge in [0.05, 0.1) is 39.2 Å². The van der Waals surface area contributed by atoms with Crippen LogP contribution in [0.3, 0.4) is 0 Å². The molecule has 1 N–H and O–H groups in total. The van der Waals surface area contributed by atoms with E-state index >= 15 is 0 Å². The average molecular weight is 602 g/mol. The van der Waals surface area contributed by atoms with E-state index in [4.69, 9.17) is 0 Å². The molecule has 0 radical (unpaired) electrons. The number of hydrazone groups is 1. The summed E-state index contributed by atoms with van der Waals surface area (Å²) in [5.41, 5.74) is 5.23. The second-order valence-corrected chi connectivity index (χ2v) is 11.2. The third-order valence-corrected chi connectivity index (χ3v) is 8.97. The van der Waals surface area contributed by atoms with Gasteiger partial charge in [-0.2, -0.15) is 5.10 Å². The Balaban J connectivity index is 1.29. The Morgan fingerprint density at radius 2 is 1.33 bits per heavy atom. The molecule has 2 atom stereocenters. The molecule has 0 spiro atoms. The topological polar surface area (TPSA) is 165 Å². The molecule has 3 aliphatic carbocycles. The van der Waals surface area contributed by atoms with Crippen molar-refractivity contribution in [1.82, 2.24) is 5.43 Å². The van der Waals surface area contributed by atoms with Gasteiger partial charge in [-0.25, -0.2) is 10.3 Å². The smallest absolute Gasteiger partial charge is 0.269 e. The number of carbonyl (C=O) groups is 3. The molecule has 1 heterocycles. The van der Waals surface area contributed by atoms with Crippen molar-refractivity contribution in [2.75, 3.05) is 4.90 Å². The number of hydrogen-bond acceptors (Lipinski definition) is 8. The number of nitrogens with zero attached hydrogens (tertiary/aromatic N) is 4. The molecule has 4 aromatic carbocycles. The van der Waals surface area contributed by atoms with Gasteiger partial charge >= 0.3 is 0 Å². The van der Waals surface area contributed by atoms with Crippen molar-refractivity contribution in [3.63, 3.8) is 0 Å². The number of nitro benzene ring substituents is 2. The van der Waals surface area contributed by atoms with Crippen LogP contribution in [0.2, 0.25) is 0 Å². The maximum absolute atomic E-state index is 14.4. The minimum absolute atomic E-state index is 0.0883. The van der Waals surface area contributed by atoms with E-state index in [2.05, 4.69) is 10.5 Å². The molecule has 45 heavy (non-hydrogen) atoms. The van der Waals surface area contributed by atoms with Crippen LogP contribution in [0.15, 0.2) is 102 Å². The zero-order valence-electron chi connectivity index (χ0n) is 23.4. The number of hydrogen-bond donors (Lipinski definition) is 1. The average Bonchev–Trinajstić information content (AvgIpc) is 3.32. The molecular formula is C33H23N5O7. The van der Waals surface area contributed by atoms with E-state index in [0.29, 0.717) is 5.56 Å². The number of non-ortho nitro benzene ring substituents is 2.